The maximum atomic E-state index is 11.6. The molecule has 3 aromatic carbocycles. The molecule has 0 aliphatic carbocycles. The molecule has 0 aliphatic rings. The largest absolute Gasteiger partial charge is 0.491 e. The Labute approximate surface area is 241 Å². The van der Waals surface area contributed by atoms with Crippen molar-refractivity contribution < 1.29 is 37.0 Å². The molecule has 42 heavy (non-hydrogen) atoms. The highest BCUT2D eigenvalue weighted by atomic mass is 32.3. The maximum absolute atomic E-state index is 11.6. The zero-order chi connectivity index (χ0) is 31.0. The molecule has 0 unspecified atom stereocenters. The maximum Gasteiger partial charge on any atom is 0.440 e. The van der Waals surface area contributed by atoms with Gasteiger partial charge >= 0.3 is 21.8 Å². The molecule has 0 saturated carbocycles. The molecule has 0 fully saturated rings. The second kappa shape index (κ2) is 14.1. The number of hydrogen-bond donors (Lipinski definition) is 6. The second-order valence-electron chi connectivity index (χ2n) is 9.51. The lowest BCUT2D eigenvalue weighted by Crippen LogP contribution is -2.21. The van der Waals surface area contributed by atoms with Crippen molar-refractivity contribution in [2.24, 2.45) is 0 Å². The molecular formula is C28H33N3O10S. The van der Waals surface area contributed by atoms with Crippen LogP contribution in [0, 0.1) is 20.8 Å². The Morgan fingerprint density at radius 1 is 1.02 bits per heavy atom. The van der Waals surface area contributed by atoms with Crippen molar-refractivity contribution in [3.05, 3.63) is 103 Å². The first-order valence-electron chi connectivity index (χ1n) is 12.7. The Kier molecular flexibility index (Phi) is 10.9. The van der Waals surface area contributed by atoms with E-state index in [4.69, 9.17) is 31.9 Å². The van der Waals surface area contributed by atoms with Crippen LogP contribution in [0.2, 0.25) is 0 Å². The van der Waals surface area contributed by atoms with Crippen molar-refractivity contribution in [1.82, 2.24) is 9.72 Å². The summed E-state index contributed by atoms with van der Waals surface area (Å²) >= 11 is 0. The number of ether oxygens (including phenoxy) is 1. The molecule has 1 aromatic heterocycles. The van der Waals surface area contributed by atoms with Crippen molar-refractivity contribution in [3.8, 4) is 16.9 Å². The number of anilines is 1. The lowest BCUT2D eigenvalue weighted by atomic mass is 9.90. The van der Waals surface area contributed by atoms with E-state index in [0.29, 0.717) is 12.3 Å². The number of hydrogen-bond acceptors (Lipinski definition) is 9. The summed E-state index contributed by atoms with van der Waals surface area (Å²) in [6.45, 7) is 6.68. The third-order valence-corrected chi connectivity index (χ3v) is 6.27. The van der Waals surface area contributed by atoms with Gasteiger partial charge in [-0.05, 0) is 84.0 Å². The van der Waals surface area contributed by atoms with Gasteiger partial charge in [0.15, 0.2) is 0 Å². The average molecular weight is 604 g/mol. The van der Waals surface area contributed by atoms with Gasteiger partial charge in [-0.15, -0.1) is 4.74 Å². The van der Waals surface area contributed by atoms with Crippen LogP contribution in [0.1, 0.15) is 27.8 Å². The average Bonchev–Trinajstić information content (AvgIpc) is 3.23. The standard InChI is InChI=1S/C28H31N3O6.H2O4S/c1-17-11-24(36-16-23(33)15-32)12-18(2)26(17)25-6-4-5-21(19(25)3)13-29-22-9-7-20(8-10-22)14-31-27(34)30-28(35)37-31;1-5(2,3)4/h4-12,23,29,32-33H,13-16H2,1-3H3,(H,30,34,35);(H2,1,2,3,4)/t23-;/m1./s1. The molecule has 4 aromatic rings. The quantitative estimate of drug-likeness (QED) is 0.145. The number of aliphatic hydroxyl groups excluding tert-OH is 2. The summed E-state index contributed by atoms with van der Waals surface area (Å²) in [5.74, 6) is -0.109. The number of aromatic amines is 1. The Bertz CT molecular complexity index is 1690. The van der Waals surface area contributed by atoms with E-state index in [0.717, 1.165) is 43.8 Å². The summed E-state index contributed by atoms with van der Waals surface area (Å²) in [5.41, 5.74) is 7.93. The van der Waals surface area contributed by atoms with E-state index in [1.807, 2.05) is 56.3 Å². The summed E-state index contributed by atoms with van der Waals surface area (Å²) in [4.78, 5) is 24.9. The Morgan fingerprint density at radius 3 is 2.19 bits per heavy atom. The minimum Gasteiger partial charge on any atom is -0.491 e. The topological polar surface area (TPSA) is 204 Å². The van der Waals surface area contributed by atoms with Crippen LogP contribution >= 0.6 is 0 Å². The van der Waals surface area contributed by atoms with E-state index in [-0.39, 0.29) is 19.8 Å². The predicted molar refractivity (Wildman–Crippen MR) is 155 cm³/mol. The molecule has 1 heterocycles. The van der Waals surface area contributed by atoms with Crippen molar-refractivity contribution >= 4 is 16.1 Å². The van der Waals surface area contributed by atoms with E-state index in [9.17, 15) is 14.7 Å². The number of benzene rings is 3. The number of aryl methyl sites for hydroxylation is 2. The number of rotatable bonds is 10. The summed E-state index contributed by atoms with van der Waals surface area (Å²) in [6.07, 6.45) is -0.908. The highest BCUT2D eigenvalue weighted by Crippen LogP contribution is 2.34. The van der Waals surface area contributed by atoms with Gasteiger partial charge in [0.25, 0.3) is 0 Å². The van der Waals surface area contributed by atoms with Gasteiger partial charge in [0.05, 0.1) is 13.2 Å². The van der Waals surface area contributed by atoms with Crippen molar-refractivity contribution in [2.45, 2.75) is 40.0 Å². The molecular weight excluding hydrogens is 570 g/mol. The van der Waals surface area contributed by atoms with Crippen LogP contribution in [0.25, 0.3) is 11.1 Å². The van der Waals surface area contributed by atoms with Crippen LogP contribution in [0.4, 0.5) is 5.69 Å². The van der Waals surface area contributed by atoms with Crippen LogP contribution in [0.3, 0.4) is 0 Å². The van der Waals surface area contributed by atoms with Crippen LogP contribution < -0.4 is 21.5 Å². The SMILES string of the molecule is Cc1cc(OC[C@H](O)CO)cc(C)c1-c1cccc(CNc2ccc(Cn3oc(=O)[nH]c3=O)cc2)c1C.O=S(=O)(O)O. The molecule has 0 spiro atoms. The van der Waals surface area contributed by atoms with Gasteiger partial charge in [0.2, 0.25) is 0 Å². The van der Waals surface area contributed by atoms with Gasteiger partial charge in [-0.25, -0.2) is 14.6 Å². The number of nitrogens with one attached hydrogen (secondary N) is 2. The normalized spacial score (nSPS) is 11.9. The molecule has 1 atom stereocenters. The Hall–Kier alpha value is -4.21. The van der Waals surface area contributed by atoms with Gasteiger partial charge < -0.3 is 24.8 Å². The lowest BCUT2D eigenvalue weighted by molar-refractivity contribution is 0.0536. The number of H-pyrrole nitrogens is 1. The third-order valence-electron chi connectivity index (χ3n) is 6.27. The summed E-state index contributed by atoms with van der Waals surface area (Å²) < 4.78 is 43.0. The Morgan fingerprint density at radius 2 is 1.64 bits per heavy atom. The highest BCUT2D eigenvalue weighted by Gasteiger charge is 2.14. The first-order valence-corrected chi connectivity index (χ1v) is 14.1. The lowest BCUT2D eigenvalue weighted by Gasteiger charge is -2.18. The van der Waals surface area contributed by atoms with Crippen LogP contribution in [0.5, 0.6) is 5.75 Å². The minimum absolute atomic E-state index is 0.0386. The van der Waals surface area contributed by atoms with Gasteiger partial charge in [-0.1, -0.05) is 30.3 Å². The molecule has 0 amide bonds. The van der Waals surface area contributed by atoms with E-state index in [1.54, 1.807) is 0 Å². The zero-order valence-electron chi connectivity index (χ0n) is 23.2. The molecule has 0 radical (unpaired) electrons. The van der Waals surface area contributed by atoms with Gasteiger partial charge in [-0.3, -0.25) is 9.11 Å². The van der Waals surface area contributed by atoms with Crippen LogP contribution in [-0.4, -0.2) is 56.8 Å². The van der Waals surface area contributed by atoms with Crippen molar-refractivity contribution in [3.63, 3.8) is 0 Å². The van der Waals surface area contributed by atoms with E-state index in [2.05, 4.69) is 29.4 Å². The fourth-order valence-corrected chi connectivity index (χ4v) is 4.33. The van der Waals surface area contributed by atoms with E-state index in [1.165, 1.54) is 5.56 Å². The first-order chi connectivity index (χ1) is 19.7. The van der Waals surface area contributed by atoms with Gasteiger partial charge in [0.1, 0.15) is 18.5 Å². The molecule has 14 heteroatoms. The molecule has 13 nitrogen and oxygen atoms in total. The summed E-state index contributed by atoms with van der Waals surface area (Å²) in [5, 5.41) is 22.0. The number of nitrogens with zero attached hydrogens (tertiary/aromatic N) is 1. The second-order valence-corrected chi connectivity index (χ2v) is 10.4. The first kappa shape index (κ1) is 32.3. The van der Waals surface area contributed by atoms with E-state index < -0.39 is 27.9 Å². The monoisotopic (exact) mass is 603 g/mol. The molecule has 4 rings (SSSR count). The van der Waals surface area contributed by atoms with Crippen LogP contribution in [0.15, 0.2) is 68.7 Å². The third kappa shape index (κ3) is 9.43. The summed E-state index contributed by atoms with van der Waals surface area (Å²) in [6, 6.07) is 17.7. The van der Waals surface area contributed by atoms with E-state index >= 15 is 0 Å². The fraction of sp³-hybridized carbons (Fsp3) is 0.286. The van der Waals surface area contributed by atoms with Crippen molar-refractivity contribution in [1.29, 1.82) is 0 Å². The minimum atomic E-state index is -4.67. The van der Waals surface area contributed by atoms with Crippen molar-refractivity contribution in [2.75, 3.05) is 18.5 Å². The predicted octanol–water partition coefficient (Wildman–Crippen LogP) is 2.46. The van der Waals surface area contributed by atoms with Crippen LogP contribution in [-0.2, 0) is 23.5 Å². The molecule has 0 aliphatic heterocycles. The molecule has 0 saturated heterocycles. The number of aliphatic hydroxyl groups is 2. The van der Waals surface area contributed by atoms with Gasteiger partial charge in [0, 0.05) is 12.2 Å². The number of aromatic nitrogens is 2. The highest BCUT2D eigenvalue weighted by molar-refractivity contribution is 7.79. The molecule has 226 valence electrons. The molecule has 6 N–H and O–H groups in total. The molecule has 0 bridgehead atoms. The zero-order valence-corrected chi connectivity index (χ0v) is 24.0. The Balaban J connectivity index is 0.000000892. The van der Waals surface area contributed by atoms with Gasteiger partial charge in [-0.2, -0.15) is 8.42 Å². The summed E-state index contributed by atoms with van der Waals surface area (Å²) in [7, 11) is -4.67. The smallest absolute Gasteiger partial charge is 0.440 e. The fourth-order valence-electron chi connectivity index (χ4n) is 4.33.